The molecule has 0 aromatic heterocycles. The molecule has 1 aliphatic carbocycles. The van der Waals surface area contributed by atoms with Gasteiger partial charge in [-0.1, -0.05) is 60.7 Å². The SMILES string of the molecule is COc1ccccc1[C@H]1C(C(=O)c2ccccc2O)C[C@@H]1c1ccccc1. The minimum Gasteiger partial charge on any atom is -0.507 e. The first-order valence-corrected chi connectivity index (χ1v) is 9.20. The third kappa shape index (κ3) is 3.10. The van der Waals surface area contributed by atoms with Crippen molar-refractivity contribution >= 4 is 5.78 Å². The number of phenols is 1. The van der Waals surface area contributed by atoms with Crippen molar-refractivity contribution in [3.8, 4) is 11.5 Å². The van der Waals surface area contributed by atoms with Crippen LogP contribution in [0, 0.1) is 5.92 Å². The number of Topliss-reactive ketones (excluding diaryl/α,β-unsaturated/α-hetero) is 1. The van der Waals surface area contributed by atoms with Gasteiger partial charge < -0.3 is 9.84 Å². The van der Waals surface area contributed by atoms with Crippen LogP contribution < -0.4 is 4.74 Å². The molecule has 3 atom stereocenters. The summed E-state index contributed by atoms with van der Waals surface area (Å²) < 4.78 is 5.58. The second-order valence-electron chi connectivity index (χ2n) is 7.01. The molecule has 0 bridgehead atoms. The van der Waals surface area contributed by atoms with Gasteiger partial charge >= 0.3 is 0 Å². The zero-order chi connectivity index (χ0) is 18.8. The summed E-state index contributed by atoms with van der Waals surface area (Å²) in [5, 5.41) is 10.1. The van der Waals surface area contributed by atoms with E-state index in [0.717, 1.165) is 17.7 Å². The van der Waals surface area contributed by atoms with Crippen molar-refractivity contribution in [3.05, 3.63) is 95.6 Å². The predicted molar refractivity (Wildman–Crippen MR) is 105 cm³/mol. The highest BCUT2D eigenvalue weighted by atomic mass is 16.5. The van der Waals surface area contributed by atoms with Crippen LogP contribution in [0.3, 0.4) is 0 Å². The van der Waals surface area contributed by atoms with Gasteiger partial charge in [0.1, 0.15) is 11.5 Å². The van der Waals surface area contributed by atoms with Gasteiger partial charge in [-0.05, 0) is 41.7 Å². The molecule has 3 aromatic rings. The van der Waals surface area contributed by atoms with Gasteiger partial charge in [0.05, 0.1) is 12.7 Å². The predicted octanol–water partition coefficient (Wildman–Crippen LogP) is 5.17. The van der Waals surface area contributed by atoms with Crippen LogP contribution in [0.2, 0.25) is 0 Å². The van der Waals surface area contributed by atoms with Crippen molar-refractivity contribution in [2.75, 3.05) is 7.11 Å². The second kappa shape index (κ2) is 7.28. The van der Waals surface area contributed by atoms with E-state index >= 15 is 0 Å². The first-order chi connectivity index (χ1) is 13.2. The van der Waals surface area contributed by atoms with E-state index in [0.29, 0.717) is 5.56 Å². The highest BCUT2D eigenvalue weighted by Crippen LogP contribution is 2.56. The summed E-state index contributed by atoms with van der Waals surface area (Å²) in [5.74, 6) is 0.941. The molecule has 0 heterocycles. The van der Waals surface area contributed by atoms with Gasteiger partial charge in [0.15, 0.2) is 5.78 Å². The first-order valence-electron chi connectivity index (χ1n) is 9.20. The van der Waals surface area contributed by atoms with Crippen molar-refractivity contribution < 1.29 is 14.6 Å². The van der Waals surface area contributed by atoms with E-state index in [1.807, 2.05) is 42.5 Å². The second-order valence-corrected chi connectivity index (χ2v) is 7.01. The third-order valence-electron chi connectivity index (χ3n) is 5.61. The summed E-state index contributed by atoms with van der Waals surface area (Å²) in [6.07, 6.45) is 0.764. The molecule has 0 radical (unpaired) electrons. The smallest absolute Gasteiger partial charge is 0.170 e. The maximum absolute atomic E-state index is 13.2. The summed E-state index contributed by atoms with van der Waals surface area (Å²) in [6, 6.07) is 25.0. The Hall–Kier alpha value is -3.07. The number of rotatable bonds is 5. The molecule has 1 aliphatic rings. The lowest BCUT2D eigenvalue weighted by Gasteiger charge is -2.45. The number of hydrogen-bond donors (Lipinski definition) is 1. The number of aromatic hydroxyl groups is 1. The Morgan fingerprint density at radius 3 is 2.33 bits per heavy atom. The van der Waals surface area contributed by atoms with E-state index in [1.54, 1.807) is 31.4 Å². The van der Waals surface area contributed by atoms with Crippen LogP contribution in [0.15, 0.2) is 78.9 Å². The van der Waals surface area contributed by atoms with Gasteiger partial charge in [-0.3, -0.25) is 4.79 Å². The number of hydrogen-bond acceptors (Lipinski definition) is 3. The molecule has 1 unspecified atom stereocenters. The lowest BCUT2D eigenvalue weighted by atomic mass is 9.57. The molecule has 3 aromatic carbocycles. The van der Waals surface area contributed by atoms with Crippen LogP contribution in [0.1, 0.15) is 39.7 Å². The van der Waals surface area contributed by atoms with Crippen molar-refractivity contribution in [2.45, 2.75) is 18.3 Å². The van der Waals surface area contributed by atoms with Crippen LogP contribution in [-0.4, -0.2) is 18.0 Å². The molecule has 0 saturated heterocycles. The van der Waals surface area contributed by atoms with E-state index in [-0.39, 0.29) is 29.3 Å². The van der Waals surface area contributed by atoms with Crippen LogP contribution in [-0.2, 0) is 0 Å². The van der Waals surface area contributed by atoms with Crippen LogP contribution in [0.5, 0.6) is 11.5 Å². The summed E-state index contributed by atoms with van der Waals surface area (Å²) >= 11 is 0. The molecule has 0 aliphatic heterocycles. The van der Waals surface area contributed by atoms with E-state index in [4.69, 9.17) is 4.74 Å². The number of ketones is 1. The number of methoxy groups -OCH3 is 1. The fourth-order valence-corrected chi connectivity index (χ4v) is 4.22. The van der Waals surface area contributed by atoms with E-state index in [9.17, 15) is 9.90 Å². The maximum Gasteiger partial charge on any atom is 0.170 e. The first kappa shape index (κ1) is 17.3. The van der Waals surface area contributed by atoms with Gasteiger partial charge in [-0.2, -0.15) is 0 Å². The standard InChI is InChI=1S/C24H22O3/c1-27-22-14-8-6-12-18(22)23-19(16-9-3-2-4-10-16)15-20(23)24(26)17-11-5-7-13-21(17)25/h2-14,19-20,23,25H,15H2,1H3/t19-,20?,23-/m1/s1. The molecule has 4 rings (SSSR count). The lowest BCUT2D eigenvalue weighted by Crippen LogP contribution is -2.38. The average molecular weight is 358 g/mol. The molecule has 1 N–H and O–H groups in total. The Labute approximate surface area is 159 Å². The van der Waals surface area contributed by atoms with Crippen molar-refractivity contribution in [1.82, 2.24) is 0 Å². The van der Waals surface area contributed by atoms with Crippen LogP contribution in [0.4, 0.5) is 0 Å². The number of carbonyl (C=O) groups excluding carboxylic acids is 1. The van der Waals surface area contributed by atoms with Gasteiger partial charge in [0.25, 0.3) is 0 Å². The largest absolute Gasteiger partial charge is 0.507 e. The molecule has 3 heteroatoms. The number of para-hydroxylation sites is 2. The van der Waals surface area contributed by atoms with Gasteiger partial charge in [0.2, 0.25) is 0 Å². The van der Waals surface area contributed by atoms with E-state index in [2.05, 4.69) is 12.1 Å². The zero-order valence-corrected chi connectivity index (χ0v) is 15.2. The molecule has 27 heavy (non-hydrogen) atoms. The van der Waals surface area contributed by atoms with Crippen molar-refractivity contribution in [1.29, 1.82) is 0 Å². The Morgan fingerprint density at radius 1 is 0.926 bits per heavy atom. The molecule has 1 fully saturated rings. The van der Waals surface area contributed by atoms with E-state index < -0.39 is 0 Å². The molecule has 1 saturated carbocycles. The highest BCUT2D eigenvalue weighted by molar-refractivity contribution is 6.01. The molecule has 136 valence electrons. The molecular formula is C24H22O3. The lowest BCUT2D eigenvalue weighted by molar-refractivity contribution is 0.0775. The number of phenolic OH excluding ortho intramolecular Hbond substituents is 1. The van der Waals surface area contributed by atoms with Crippen LogP contribution >= 0.6 is 0 Å². The average Bonchev–Trinajstić information content (AvgIpc) is 2.69. The quantitative estimate of drug-likeness (QED) is 0.640. The Bertz CT molecular complexity index is 949. The topological polar surface area (TPSA) is 46.5 Å². The minimum atomic E-state index is -0.181. The van der Waals surface area contributed by atoms with Crippen LogP contribution in [0.25, 0.3) is 0 Å². The van der Waals surface area contributed by atoms with Crippen molar-refractivity contribution in [2.24, 2.45) is 5.92 Å². The Kier molecular flexibility index (Phi) is 4.68. The minimum absolute atomic E-state index is 0.00353. The fraction of sp³-hybridized carbons (Fsp3) is 0.208. The van der Waals surface area contributed by atoms with E-state index in [1.165, 1.54) is 5.56 Å². The highest BCUT2D eigenvalue weighted by Gasteiger charge is 2.47. The Morgan fingerprint density at radius 2 is 1.59 bits per heavy atom. The number of benzene rings is 3. The zero-order valence-electron chi connectivity index (χ0n) is 15.2. The number of ether oxygens (including phenoxy) is 1. The fourth-order valence-electron chi connectivity index (χ4n) is 4.22. The summed E-state index contributed by atoms with van der Waals surface area (Å²) in [7, 11) is 1.66. The summed E-state index contributed by atoms with van der Waals surface area (Å²) in [4.78, 5) is 13.2. The normalized spacial score (nSPS) is 21.3. The molecule has 0 amide bonds. The molecular weight excluding hydrogens is 336 g/mol. The maximum atomic E-state index is 13.2. The monoisotopic (exact) mass is 358 g/mol. The molecule has 3 nitrogen and oxygen atoms in total. The van der Waals surface area contributed by atoms with Gasteiger partial charge in [-0.15, -0.1) is 0 Å². The molecule has 0 spiro atoms. The van der Waals surface area contributed by atoms with Gasteiger partial charge in [-0.25, -0.2) is 0 Å². The summed E-state index contributed by atoms with van der Waals surface area (Å²) in [5.41, 5.74) is 2.68. The number of carbonyl (C=O) groups is 1. The Balaban J connectivity index is 1.74. The van der Waals surface area contributed by atoms with Crippen molar-refractivity contribution in [3.63, 3.8) is 0 Å². The van der Waals surface area contributed by atoms with Gasteiger partial charge in [0, 0.05) is 11.8 Å². The summed E-state index contributed by atoms with van der Waals surface area (Å²) in [6.45, 7) is 0. The third-order valence-corrected chi connectivity index (χ3v) is 5.61.